The van der Waals surface area contributed by atoms with Gasteiger partial charge in [-0.25, -0.2) is 0 Å². The Labute approximate surface area is 180 Å². The maximum Gasteiger partial charge on any atom is 0.141 e. The second-order valence-electron chi connectivity index (χ2n) is 7.07. The molecule has 0 saturated heterocycles. The molecule has 0 amide bonds. The van der Waals surface area contributed by atoms with E-state index in [2.05, 4.69) is 6.07 Å². The summed E-state index contributed by atoms with van der Waals surface area (Å²) in [4.78, 5) is 11.1. The highest BCUT2D eigenvalue weighted by molar-refractivity contribution is 7.07. The van der Waals surface area contributed by atoms with Crippen LogP contribution >= 0.6 is 11.3 Å². The van der Waals surface area contributed by atoms with Crippen molar-refractivity contribution >= 4 is 17.3 Å². The third-order valence-electron chi connectivity index (χ3n) is 4.72. The van der Waals surface area contributed by atoms with Gasteiger partial charge in [0.05, 0.1) is 5.56 Å². The van der Waals surface area contributed by atoms with Gasteiger partial charge in [0, 0.05) is 12.0 Å². The Morgan fingerprint density at radius 3 is 2.73 bits per heavy atom. The molecule has 0 aliphatic heterocycles. The largest absolute Gasteiger partial charge is 0.550 e. The molecular weight excluding hydrogens is 398 g/mol. The van der Waals surface area contributed by atoms with Crippen molar-refractivity contribution in [1.82, 2.24) is 0 Å². The first-order valence-electron chi connectivity index (χ1n) is 9.58. The lowest BCUT2D eigenvalue weighted by molar-refractivity contribution is -0.306. The monoisotopic (exact) mass is 420 g/mol. The molecule has 0 fully saturated rings. The number of thiophene rings is 1. The number of ether oxygens (including phenoxy) is 2. The van der Waals surface area contributed by atoms with E-state index in [4.69, 9.17) is 9.47 Å². The van der Waals surface area contributed by atoms with Crippen molar-refractivity contribution in [1.29, 1.82) is 5.26 Å². The van der Waals surface area contributed by atoms with Gasteiger partial charge in [-0.2, -0.15) is 16.6 Å². The molecule has 30 heavy (non-hydrogen) atoms. The molecule has 1 heterocycles. The molecule has 0 aliphatic carbocycles. The highest BCUT2D eigenvalue weighted by Gasteiger charge is 2.19. The summed E-state index contributed by atoms with van der Waals surface area (Å²) in [7, 11) is 0. The summed E-state index contributed by atoms with van der Waals surface area (Å²) >= 11 is 1.60. The molecule has 2 aromatic carbocycles. The standard InChI is InChI=1S/C24H23NO4S/c1-16-3-4-17(2)21(11-16)22(7-8-24(26)27)29-23-12-20(6-5-19(23)13-25)28-14-18-9-10-30-15-18/h3-6,9-12,15,22H,7-8,14H2,1-2H3,(H,26,27)/p-1. The van der Waals surface area contributed by atoms with Gasteiger partial charge in [0.25, 0.3) is 0 Å². The third kappa shape index (κ3) is 5.62. The van der Waals surface area contributed by atoms with E-state index in [1.165, 1.54) is 0 Å². The van der Waals surface area contributed by atoms with Crippen LogP contribution in [0, 0.1) is 25.2 Å². The van der Waals surface area contributed by atoms with Gasteiger partial charge < -0.3 is 19.4 Å². The number of hydrogen-bond acceptors (Lipinski definition) is 6. The second kappa shape index (κ2) is 9.95. The van der Waals surface area contributed by atoms with Crippen LogP contribution in [0.2, 0.25) is 0 Å². The first kappa shape index (κ1) is 21.4. The van der Waals surface area contributed by atoms with Gasteiger partial charge in [-0.3, -0.25) is 0 Å². The van der Waals surface area contributed by atoms with Crippen LogP contribution in [0.5, 0.6) is 11.5 Å². The molecule has 0 bridgehead atoms. The number of nitriles is 1. The van der Waals surface area contributed by atoms with Crippen molar-refractivity contribution in [2.75, 3.05) is 0 Å². The summed E-state index contributed by atoms with van der Waals surface area (Å²) in [6, 6.07) is 15.1. The Bertz CT molecular complexity index is 1050. The van der Waals surface area contributed by atoms with Crippen molar-refractivity contribution in [3.63, 3.8) is 0 Å². The second-order valence-corrected chi connectivity index (χ2v) is 7.85. The van der Waals surface area contributed by atoms with Crippen molar-refractivity contribution in [2.24, 2.45) is 0 Å². The number of rotatable bonds is 9. The first-order chi connectivity index (χ1) is 14.5. The lowest BCUT2D eigenvalue weighted by Crippen LogP contribution is -2.23. The molecule has 1 aromatic heterocycles. The quantitative estimate of drug-likeness (QED) is 0.510. The van der Waals surface area contributed by atoms with E-state index >= 15 is 0 Å². The highest BCUT2D eigenvalue weighted by atomic mass is 32.1. The van der Waals surface area contributed by atoms with Crippen LogP contribution in [0.15, 0.2) is 53.2 Å². The molecule has 3 rings (SSSR count). The number of carboxylic acids is 1. The minimum Gasteiger partial charge on any atom is -0.550 e. The van der Waals surface area contributed by atoms with E-state index in [1.807, 2.05) is 48.9 Å². The summed E-state index contributed by atoms with van der Waals surface area (Å²) in [5, 5.41) is 24.6. The molecular formula is C24H22NO4S-. The number of hydrogen-bond donors (Lipinski definition) is 0. The van der Waals surface area contributed by atoms with Crippen LogP contribution < -0.4 is 14.6 Å². The van der Waals surface area contributed by atoms with Gasteiger partial charge in [0.15, 0.2) is 0 Å². The zero-order valence-electron chi connectivity index (χ0n) is 16.9. The van der Waals surface area contributed by atoms with E-state index in [1.54, 1.807) is 29.5 Å². The molecule has 0 aliphatic rings. The number of carbonyl (C=O) groups is 1. The summed E-state index contributed by atoms with van der Waals surface area (Å²) in [6.45, 7) is 4.34. The molecule has 0 radical (unpaired) electrons. The highest BCUT2D eigenvalue weighted by Crippen LogP contribution is 2.33. The fourth-order valence-electron chi connectivity index (χ4n) is 3.11. The Hall–Kier alpha value is -3.30. The molecule has 0 saturated carbocycles. The van der Waals surface area contributed by atoms with Crippen LogP contribution in [0.4, 0.5) is 0 Å². The normalized spacial score (nSPS) is 11.5. The number of benzene rings is 2. The molecule has 1 unspecified atom stereocenters. The van der Waals surface area contributed by atoms with E-state index in [0.29, 0.717) is 23.7 Å². The van der Waals surface area contributed by atoms with Crippen molar-refractivity contribution in [3.8, 4) is 17.6 Å². The van der Waals surface area contributed by atoms with Crippen LogP contribution in [0.25, 0.3) is 0 Å². The molecule has 0 N–H and O–H groups in total. The third-order valence-corrected chi connectivity index (χ3v) is 5.45. The smallest absolute Gasteiger partial charge is 0.141 e. The van der Waals surface area contributed by atoms with E-state index in [0.717, 1.165) is 22.3 Å². The van der Waals surface area contributed by atoms with Gasteiger partial charge in [-0.15, -0.1) is 0 Å². The Morgan fingerprint density at radius 2 is 2.03 bits per heavy atom. The van der Waals surface area contributed by atoms with E-state index in [-0.39, 0.29) is 12.8 Å². The van der Waals surface area contributed by atoms with Gasteiger partial charge >= 0.3 is 0 Å². The average Bonchev–Trinajstić information content (AvgIpc) is 3.25. The maximum atomic E-state index is 11.1. The first-order valence-corrected chi connectivity index (χ1v) is 10.5. The number of nitrogens with zero attached hydrogens (tertiary/aromatic N) is 1. The zero-order chi connectivity index (χ0) is 21.5. The van der Waals surface area contributed by atoms with E-state index < -0.39 is 12.1 Å². The summed E-state index contributed by atoms with van der Waals surface area (Å²) in [5.41, 5.74) is 4.36. The van der Waals surface area contributed by atoms with E-state index in [9.17, 15) is 15.2 Å². The summed E-state index contributed by atoms with van der Waals surface area (Å²) in [6.07, 6.45) is -0.437. The average molecular weight is 421 g/mol. The molecule has 1 atom stereocenters. The number of carboxylic acid groups (broad SMARTS) is 1. The zero-order valence-corrected chi connectivity index (χ0v) is 17.7. The molecule has 0 spiro atoms. The lowest BCUT2D eigenvalue weighted by atomic mass is 9.97. The molecule has 5 nitrogen and oxygen atoms in total. The van der Waals surface area contributed by atoms with Crippen LogP contribution in [-0.2, 0) is 11.4 Å². The van der Waals surface area contributed by atoms with Crippen molar-refractivity contribution < 1.29 is 19.4 Å². The fraction of sp³-hybridized carbons (Fsp3) is 0.250. The minimum atomic E-state index is -1.14. The minimum absolute atomic E-state index is 0.145. The number of aryl methyl sites for hydroxylation is 2. The lowest BCUT2D eigenvalue weighted by Gasteiger charge is -2.23. The van der Waals surface area contributed by atoms with Crippen LogP contribution in [0.1, 0.15) is 46.8 Å². The summed E-state index contributed by atoms with van der Waals surface area (Å²) in [5.74, 6) is -0.193. The topological polar surface area (TPSA) is 82.4 Å². The van der Waals surface area contributed by atoms with Crippen molar-refractivity contribution in [3.05, 3.63) is 81.0 Å². The predicted octanol–water partition coefficient (Wildman–Crippen LogP) is 4.47. The number of aliphatic carboxylic acids is 1. The van der Waals surface area contributed by atoms with Crippen molar-refractivity contribution in [2.45, 2.75) is 39.4 Å². The van der Waals surface area contributed by atoms with Crippen LogP contribution in [0.3, 0.4) is 0 Å². The van der Waals surface area contributed by atoms with Gasteiger partial charge in [-0.1, -0.05) is 23.8 Å². The van der Waals surface area contributed by atoms with Gasteiger partial charge in [0.2, 0.25) is 0 Å². The molecule has 3 aromatic rings. The van der Waals surface area contributed by atoms with Gasteiger partial charge in [-0.05, 0) is 72.3 Å². The Morgan fingerprint density at radius 1 is 1.20 bits per heavy atom. The Kier molecular flexibility index (Phi) is 7.10. The number of carbonyl (C=O) groups excluding carboxylic acids is 1. The Balaban J connectivity index is 1.88. The molecule has 6 heteroatoms. The summed E-state index contributed by atoms with van der Waals surface area (Å²) < 4.78 is 12.0. The maximum absolute atomic E-state index is 11.1. The molecule has 154 valence electrons. The van der Waals surface area contributed by atoms with Gasteiger partial charge in [0.1, 0.15) is 30.3 Å². The SMILES string of the molecule is Cc1ccc(C)c(C(CCC(=O)[O-])Oc2cc(OCc3ccsc3)ccc2C#N)c1. The van der Waals surface area contributed by atoms with Crippen LogP contribution in [-0.4, -0.2) is 5.97 Å². The fourth-order valence-corrected chi connectivity index (χ4v) is 3.76. The predicted molar refractivity (Wildman–Crippen MR) is 113 cm³/mol.